The van der Waals surface area contributed by atoms with E-state index in [1.54, 1.807) is 20.8 Å². The molecule has 0 aliphatic carbocycles. The summed E-state index contributed by atoms with van der Waals surface area (Å²) in [5.74, 6) is 0. The highest BCUT2D eigenvalue weighted by atomic mass is 32.2. The van der Waals surface area contributed by atoms with E-state index in [4.69, 9.17) is 0 Å². The third-order valence-electron chi connectivity index (χ3n) is 4.32. The first-order valence-corrected chi connectivity index (χ1v) is 10.5. The standard InChI is InChI=1S/C20H30N2O2S/c1-20(2,3)25(23,24)22-15-8-4-7-14-21-16-18-12-9-11-17-10-5-6-13-19(17)18/h5-6,9-13,21-22H,4,7-8,14-16H2,1-3H3. The van der Waals surface area contributed by atoms with Crippen molar-refractivity contribution in [3.63, 3.8) is 0 Å². The Kier molecular flexibility index (Phi) is 6.99. The van der Waals surface area contributed by atoms with E-state index in [1.165, 1.54) is 16.3 Å². The number of nitrogens with one attached hydrogen (secondary N) is 2. The smallest absolute Gasteiger partial charge is 0.216 e. The molecule has 0 heterocycles. The molecule has 2 aromatic rings. The molecule has 0 saturated heterocycles. The van der Waals surface area contributed by atoms with Crippen LogP contribution in [-0.2, 0) is 16.6 Å². The molecule has 2 N–H and O–H groups in total. The fourth-order valence-electron chi connectivity index (χ4n) is 2.64. The molecule has 4 nitrogen and oxygen atoms in total. The van der Waals surface area contributed by atoms with Crippen molar-refractivity contribution in [2.45, 2.75) is 51.3 Å². The van der Waals surface area contributed by atoms with Gasteiger partial charge in [0.15, 0.2) is 0 Å². The van der Waals surface area contributed by atoms with Gasteiger partial charge in [-0.3, -0.25) is 0 Å². The van der Waals surface area contributed by atoms with E-state index in [0.717, 1.165) is 32.4 Å². The van der Waals surface area contributed by atoms with Crippen LogP contribution in [0.1, 0.15) is 45.6 Å². The van der Waals surface area contributed by atoms with Crippen molar-refractivity contribution in [3.8, 4) is 0 Å². The lowest BCUT2D eigenvalue weighted by Gasteiger charge is -2.19. The Balaban J connectivity index is 1.64. The Morgan fingerprint density at radius 3 is 2.32 bits per heavy atom. The lowest BCUT2D eigenvalue weighted by Crippen LogP contribution is -2.39. The molecule has 0 aromatic heterocycles. The highest BCUT2D eigenvalue weighted by Crippen LogP contribution is 2.18. The van der Waals surface area contributed by atoms with Gasteiger partial charge in [-0.2, -0.15) is 0 Å². The second kappa shape index (κ2) is 8.79. The van der Waals surface area contributed by atoms with Crippen molar-refractivity contribution in [1.82, 2.24) is 10.0 Å². The van der Waals surface area contributed by atoms with Gasteiger partial charge in [0.1, 0.15) is 0 Å². The molecule has 0 aliphatic rings. The fraction of sp³-hybridized carbons (Fsp3) is 0.500. The second-order valence-corrected chi connectivity index (χ2v) is 9.91. The number of rotatable bonds is 9. The minimum atomic E-state index is -3.22. The summed E-state index contributed by atoms with van der Waals surface area (Å²) in [4.78, 5) is 0. The SMILES string of the molecule is CC(C)(C)S(=O)(=O)NCCCCCNCc1cccc2ccccc12. The summed E-state index contributed by atoms with van der Waals surface area (Å²) in [7, 11) is -3.22. The van der Waals surface area contributed by atoms with Gasteiger partial charge in [0, 0.05) is 13.1 Å². The van der Waals surface area contributed by atoms with Gasteiger partial charge in [0.25, 0.3) is 0 Å². The minimum absolute atomic E-state index is 0.517. The molecule has 5 heteroatoms. The van der Waals surface area contributed by atoms with Crippen molar-refractivity contribution in [1.29, 1.82) is 0 Å². The molecule has 138 valence electrons. The van der Waals surface area contributed by atoms with Crippen LogP contribution in [0.3, 0.4) is 0 Å². The van der Waals surface area contributed by atoms with E-state index in [-0.39, 0.29) is 0 Å². The van der Waals surface area contributed by atoms with Crippen LogP contribution in [0.15, 0.2) is 42.5 Å². The van der Waals surface area contributed by atoms with E-state index in [0.29, 0.717) is 6.54 Å². The lowest BCUT2D eigenvalue weighted by atomic mass is 10.0. The molecule has 0 amide bonds. The predicted octanol–water partition coefficient (Wildman–Crippen LogP) is 3.82. The van der Waals surface area contributed by atoms with E-state index < -0.39 is 14.8 Å². The average Bonchev–Trinajstić information content (AvgIpc) is 2.56. The van der Waals surface area contributed by atoms with Crippen LogP contribution < -0.4 is 10.0 Å². The molecular formula is C20H30N2O2S. The van der Waals surface area contributed by atoms with Gasteiger partial charge in [-0.25, -0.2) is 13.1 Å². The summed E-state index contributed by atoms with van der Waals surface area (Å²) in [6.45, 7) is 7.46. The zero-order chi connectivity index (χ0) is 18.3. The van der Waals surface area contributed by atoms with Gasteiger partial charge < -0.3 is 5.32 Å². The molecule has 0 atom stereocenters. The second-order valence-electron chi connectivity index (χ2n) is 7.39. The fourth-order valence-corrected chi connectivity index (χ4v) is 3.49. The number of hydrogen-bond acceptors (Lipinski definition) is 3. The lowest BCUT2D eigenvalue weighted by molar-refractivity contribution is 0.537. The maximum absolute atomic E-state index is 11.9. The Morgan fingerprint density at radius 2 is 1.56 bits per heavy atom. The Morgan fingerprint density at radius 1 is 0.880 bits per heavy atom. The molecule has 0 radical (unpaired) electrons. The van der Waals surface area contributed by atoms with Gasteiger partial charge in [-0.1, -0.05) is 48.9 Å². The number of unbranched alkanes of at least 4 members (excludes halogenated alkanes) is 2. The van der Waals surface area contributed by atoms with Crippen molar-refractivity contribution in [3.05, 3.63) is 48.0 Å². The zero-order valence-corrected chi connectivity index (χ0v) is 16.3. The molecule has 25 heavy (non-hydrogen) atoms. The van der Waals surface area contributed by atoms with Crippen molar-refractivity contribution >= 4 is 20.8 Å². The van der Waals surface area contributed by atoms with E-state index in [9.17, 15) is 8.42 Å². The van der Waals surface area contributed by atoms with E-state index in [1.807, 2.05) is 0 Å². The van der Waals surface area contributed by atoms with Crippen molar-refractivity contribution in [2.75, 3.05) is 13.1 Å². The monoisotopic (exact) mass is 362 g/mol. The Bertz CT molecular complexity index is 774. The maximum Gasteiger partial charge on any atom is 0.216 e. The Hall–Kier alpha value is -1.43. The van der Waals surface area contributed by atoms with Gasteiger partial charge in [0.2, 0.25) is 10.0 Å². The summed E-state index contributed by atoms with van der Waals surface area (Å²) in [6.07, 6.45) is 2.92. The van der Waals surface area contributed by atoms with Crippen LogP contribution in [-0.4, -0.2) is 26.3 Å². The zero-order valence-electron chi connectivity index (χ0n) is 15.5. The normalized spacial score (nSPS) is 12.6. The topological polar surface area (TPSA) is 58.2 Å². The molecule has 0 bridgehead atoms. The third-order valence-corrected chi connectivity index (χ3v) is 6.52. The molecular weight excluding hydrogens is 332 g/mol. The highest BCUT2D eigenvalue weighted by molar-refractivity contribution is 7.90. The van der Waals surface area contributed by atoms with Gasteiger partial charge in [-0.15, -0.1) is 0 Å². The number of hydrogen-bond donors (Lipinski definition) is 2. The van der Waals surface area contributed by atoms with Crippen LogP contribution >= 0.6 is 0 Å². The van der Waals surface area contributed by atoms with Gasteiger partial charge in [0.05, 0.1) is 4.75 Å². The summed E-state index contributed by atoms with van der Waals surface area (Å²) in [5.41, 5.74) is 1.32. The molecule has 0 unspecified atom stereocenters. The van der Waals surface area contributed by atoms with Crippen molar-refractivity contribution in [2.24, 2.45) is 0 Å². The molecule has 0 aliphatic heterocycles. The van der Waals surface area contributed by atoms with E-state index in [2.05, 4.69) is 52.5 Å². The quantitative estimate of drug-likeness (QED) is 0.667. The molecule has 2 aromatic carbocycles. The van der Waals surface area contributed by atoms with E-state index >= 15 is 0 Å². The van der Waals surface area contributed by atoms with Crippen LogP contribution in [0.2, 0.25) is 0 Å². The summed E-state index contributed by atoms with van der Waals surface area (Å²) < 4.78 is 25.8. The number of sulfonamides is 1. The molecule has 0 fully saturated rings. The summed E-state index contributed by atoms with van der Waals surface area (Å²) >= 11 is 0. The first-order chi connectivity index (χ1) is 11.8. The van der Waals surface area contributed by atoms with Crippen LogP contribution in [0, 0.1) is 0 Å². The van der Waals surface area contributed by atoms with Gasteiger partial charge >= 0.3 is 0 Å². The number of fused-ring (bicyclic) bond motifs is 1. The van der Waals surface area contributed by atoms with Crippen molar-refractivity contribution < 1.29 is 8.42 Å². The molecule has 0 spiro atoms. The van der Waals surface area contributed by atoms with Crippen LogP contribution in [0.25, 0.3) is 10.8 Å². The van der Waals surface area contributed by atoms with Crippen LogP contribution in [0.5, 0.6) is 0 Å². The molecule has 2 rings (SSSR count). The largest absolute Gasteiger partial charge is 0.313 e. The first kappa shape index (κ1) is 19.9. The average molecular weight is 363 g/mol. The minimum Gasteiger partial charge on any atom is -0.313 e. The highest BCUT2D eigenvalue weighted by Gasteiger charge is 2.27. The maximum atomic E-state index is 11.9. The number of benzene rings is 2. The summed E-state index contributed by atoms with van der Waals surface area (Å²) in [5, 5.41) is 6.06. The van der Waals surface area contributed by atoms with Crippen LogP contribution in [0.4, 0.5) is 0 Å². The third kappa shape index (κ3) is 5.80. The Labute approximate surface area is 152 Å². The summed E-state index contributed by atoms with van der Waals surface area (Å²) in [6, 6.07) is 14.8. The van der Waals surface area contributed by atoms with Gasteiger partial charge in [-0.05, 0) is 56.5 Å². The first-order valence-electron chi connectivity index (χ1n) is 8.98. The predicted molar refractivity (Wildman–Crippen MR) is 106 cm³/mol. The molecule has 0 saturated carbocycles.